The van der Waals surface area contributed by atoms with E-state index in [1.807, 2.05) is 29.7 Å². The van der Waals surface area contributed by atoms with E-state index in [1.165, 1.54) is 0 Å². The minimum absolute atomic E-state index is 0.0384. The number of methoxy groups -OCH3 is 1. The first-order valence-electron chi connectivity index (χ1n) is 5.58. The molecule has 2 N–H and O–H groups in total. The number of benzene rings is 1. The predicted octanol–water partition coefficient (Wildman–Crippen LogP) is 2.04. The predicted molar refractivity (Wildman–Crippen MR) is 66.9 cm³/mol. The van der Waals surface area contributed by atoms with Crippen LogP contribution >= 0.6 is 0 Å². The summed E-state index contributed by atoms with van der Waals surface area (Å²) in [5, 5.41) is 0. The monoisotopic (exact) mass is 231 g/mol. The molecule has 1 atom stereocenters. The van der Waals surface area contributed by atoms with Gasteiger partial charge in [-0.2, -0.15) is 0 Å². The fourth-order valence-electron chi connectivity index (χ4n) is 1.82. The number of ether oxygens (including phenoxy) is 1. The third-order valence-corrected chi connectivity index (χ3v) is 2.63. The lowest BCUT2D eigenvalue weighted by atomic mass is 10.2. The quantitative estimate of drug-likeness (QED) is 0.876. The maximum atomic E-state index is 5.91. The highest BCUT2D eigenvalue weighted by Gasteiger charge is 2.08. The zero-order valence-corrected chi connectivity index (χ0v) is 10.1. The van der Waals surface area contributed by atoms with Gasteiger partial charge in [0, 0.05) is 18.8 Å². The molecule has 2 aromatic rings. The first-order valence-corrected chi connectivity index (χ1v) is 5.58. The van der Waals surface area contributed by atoms with E-state index < -0.39 is 0 Å². The largest absolute Gasteiger partial charge is 0.380 e. The van der Waals surface area contributed by atoms with Crippen LogP contribution in [0.5, 0.6) is 0 Å². The second kappa shape index (κ2) is 5.12. The summed E-state index contributed by atoms with van der Waals surface area (Å²) in [5.74, 6) is 0. The highest BCUT2D eigenvalue weighted by atomic mass is 16.5. The van der Waals surface area contributed by atoms with Gasteiger partial charge in [-0.15, -0.1) is 0 Å². The first kappa shape index (κ1) is 11.8. The molecule has 0 fully saturated rings. The molecule has 1 aromatic carbocycles. The van der Waals surface area contributed by atoms with Gasteiger partial charge in [0.1, 0.15) is 0 Å². The van der Waals surface area contributed by atoms with E-state index in [1.54, 1.807) is 19.6 Å². The molecule has 0 aliphatic rings. The number of nitrogens with two attached hydrogens (primary N) is 1. The fraction of sp³-hybridized carbons (Fsp3) is 0.308. The van der Waals surface area contributed by atoms with Gasteiger partial charge in [0.05, 0.1) is 24.8 Å². The van der Waals surface area contributed by atoms with Crippen molar-refractivity contribution in [2.24, 2.45) is 5.73 Å². The lowest BCUT2D eigenvalue weighted by Crippen LogP contribution is -2.10. The van der Waals surface area contributed by atoms with E-state index in [-0.39, 0.29) is 6.04 Å². The molecule has 0 saturated heterocycles. The Morgan fingerprint density at radius 1 is 1.47 bits per heavy atom. The molecular weight excluding hydrogens is 214 g/mol. The van der Waals surface area contributed by atoms with Gasteiger partial charge >= 0.3 is 0 Å². The lowest BCUT2D eigenvalue weighted by Gasteiger charge is -2.11. The SMILES string of the molecule is COCc1cccc(-n2cncc2[C@@H](C)N)c1. The van der Waals surface area contributed by atoms with Crippen LogP contribution in [0.3, 0.4) is 0 Å². The molecule has 0 aliphatic carbocycles. The summed E-state index contributed by atoms with van der Waals surface area (Å²) in [6.07, 6.45) is 3.58. The zero-order valence-electron chi connectivity index (χ0n) is 10.1. The van der Waals surface area contributed by atoms with Crippen molar-refractivity contribution in [2.45, 2.75) is 19.6 Å². The number of hydrogen-bond donors (Lipinski definition) is 1. The second-order valence-corrected chi connectivity index (χ2v) is 4.08. The molecule has 4 heteroatoms. The average Bonchev–Trinajstić information content (AvgIpc) is 2.79. The number of rotatable bonds is 4. The fourth-order valence-corrected chi connectivity index (χ4v) is 1.82. The Morgan fingerprint density at radius 2 is 2.29 bits per heavy atom. The van der Waals surface area contributed by atoms with Crippen LogP contribution in [0.2, 0.25) is 0 Å². The third kappa shape index (κ3) is 2.54. The molecule has 90 valence electrons. The van der Waals surface area contributed by atoms with Gasteiger partial charge < -0.3 is 15.0 Å². The van der Waals surface area contributed by atoms with E-state index in [4.69, 9.17) is 10.5 Å². The van der Waals surface area contributed by atoms with E-state index >= 15 is 0 Å². The third-order valence-electron chi connectivity index (χ3n) is 2.63. The highest BCUT2D eigenvalue weighted by Crippen LogP contribution is 2.17. The number of hydrogen-bond acceptors (Lipinski definition) is 3. The Kier molecular flexibility index (Phi) is 3.56. The van der Waals surface area contributed by atoms with Gasteiger partial charge in [0.25, 0.3) is 0 Å². The second-order valence-electron chi connectivity index (χ2n) is 4.08. The minimum Gasteiger partial charge on any atom is -0.380 e. The van der Waals surface area contributed by atoms with Crippen molar-refractivity contribution in [1.29, 1.82) is 0 Å². The molecule has 1 aromatic heterocycles. The molecule has 17 heavy (non-hydrogen) atoms. The summed E-state index contributed by atoms with van der Waals surface area (Å²) in [7, 11) is 1.69. The average molecular weight is 231 g/mol. The van der Waals surface area contributed by atoms with Crippen molar-refractivity contribution in [3.8, 4) is 5.69 Å². The van der Waals surface area contributed by atoms with Gasteiger partial charge in [-0.05, 0) is 24.6 Å². The van der Waals surface area contributed by atoms with Gasteiger partial charge in [0.15, 0.2) is 0 Å². The molecule has 0 amide bonds. The molecule has 1 heterocycles. The standard InChI is InChI=1S/C13H17N3O/c1-10(14)13-7-15-9-16(13)12-5-3-4-11(6-12)8-17-2/h3-7,9-10H,8,14H2,1-2H3/t10-/m1/s1. The Balaban J connectivity index is 2.38. The van der Waals surface area contributed by atoms with Crippen molar-refractivity contribution < 1.29 is 4.74 Å². The van der Waals surface area contributed by atoms with Crippen molar-refractivity contribution in [2.75, 3.05) is 7.11 Å². The molecule has 0 bridgehead atoms. The first-order chi connectivity index (χ1) is 8.22. The van der Waals surface area contributed by atoms with Crippen molar-refractivity contribution in [1.82, 2.24) is 9.55 Å². The molecule has 0 saturated carbocycles. The van der Waals surface area contributed by atoms with Crippen LogP contribution in [0.4, 0.5) is 0 Å². The number of nitrogens with zero attached hydrogens (tertiary/aromatic N) is 2. The van der Waals surface area contributed by atoms with Gasteiger partial charge in [-0.1, -0.05) is 12.1 Å². The van der Waals surface area contributed by atoms with Gasteiger partial charge in [-0.3, -0.25) is 0 Å². The van der Waals surface area contributed by atoms with Crippen molar-refractivity contribution in [3.05, 3.63) is 48.0 Å². The molecular formula is C13H17N3O. The lowest BCUT2D eigenvalue weighted by molar-refractivity contribution is 0.185. The van der Waals surface area contributed by atoms with Crippen LogP contribution < -0.4 is 5.73 Å². The molecule has 0 unspecified atom stereocenters. The number of imidazole rings is 1. The summed E-state index contributed by atoms with van der Waals surface area (Å²) in [5.41, 5.74) is 9.10. The van der Waals surface area contributed by atoms with Crippen molar-refractivity contribution in [3.63, 3.8) is 0 Å². The maximum Gasteiger partial charge on any atom is 0.0994 e. The maximum absolute atomic E-state index is 5.91. The Labute approximate surface area is 101 Å². The Hall–Kier alpha value is -1.65. The molecule has 2 rings (SSSR count). The van der Waals surface area contributed by atoms with Gasteiger partial charge in [0.2, 0.25) is 0 Å². The Morgan fingerprint density at radius 3 is 3.00 bits per heavy atom. The van der Waals surface area contributed by atoms with Crippen LogP contribution in [0.25, 0.3) is 5.69 Å². The van der Waals surface area contributed by atoms with Gasteiger partial charge in [-0.25, -0.2) is 4.98 Å². The summed E-state index contributed by atoms with van der Waals surface area (Å²) in [6.45, 7) is 2.56. The topological polar surface area (TPSA) is 53.1 Å². The zero-order chi connectivity index (χ0) is 12.3. The van der Waals surface area contributed by atoms with E-state index in [0.29, 0.717) is 6.61 Å². The summed E-state index contributed by atoms with van der Waals surface area (Å²) >= 11 is 0. The van der Waals surface area contributed by atoms with Crippen LogP contribution in [-0.2, 0) is 11.3 Å². The van der Waals surface area contributed by atoms with Crippen molar-refractivity contribution >= 4 is 0 Å². The summed E-state index contributed by atoms with van der Waals surface area (Å²) < 4.78 is 7.13. The highest BCUT2D eigenvalue weighted by molar-refractivity contribution is 5.37. The molecule has 4 nitrogen and oxygen atoms in total. The minimum atomic E-state index is -0.0384. The smallest absolute Gasteiger partial charge is 0.0994 e. The molecule has 0 spiro atoms. The summed E-state index contributed by atoms with van der Waals surface area (Å²) in [6, 6.07) is 8.12. The van der Waals surface area contributed by atoms with E-state index in [2.05, 4.69) is 11.1 Å². The van der Waals surface area contributed by atoms with Crippen LogP contribution in [0.1, 0.15) is 24.2 Å². The van der Waals surface area contributed by atoms with E-state index in [9.17, 15) is 0 Å². The Bertz CT molecular complexity index is 491. The molecule has 0 aliphatic heterocycles. The van der Waals surface area contributed by atoms with E-state index in [0.717, 1.165) is 16.9 Å². The number of aromatic nitrogens is 2. The normalized spacial score (nSPS) is 12.6. The molecule has 0 radical (unpaired) electrons. The summed E-state index contributed by atoms with van der Waals surface area (Å²) in [4.78, 5) is 4.15. The van der Waals surface area contributed by atoms with Crippen LogP contribution in [0, 0.1) is 0 Å². The van der Waals surface area contributed by atoms with Crippen LogP contribution in [-0.4, -0.2) is 16.7 Å². The van der Waals surface area contributed by atoms with Crippen LogP contribution in [0.15, 0.2) is 36.8 Å².